The summed E-state index contributed by atoms with van der Waals surface area (Å²) >= 11 is 6.04. The van der Waals surface area contributed by atoms with Crippen LogP contribution >= 0.6 is 11.6 Å². The zero-order valence-electron chi connectivity index (χ0n) is 15.0. The van der Waals surface area contributed by atoms with Crippen LogP contribution < -0.4 is 5.32 Å². The standard InChI is InChI=1S/C21H24ClN3/c1-15-7-9-18(10-8-15)14-25-17(3)21(16(2)24-25)13-23-12-19-5-4-6-20(22)11-19/h4-11,23H,12-14H2,1-3H3. The number of halogens is 1. The number of nitrogens with one attached hydrogen (secondary N) is 1. The molecule has 0 amide bonds. The highest BCUT2D eigenvalue weighted by atomic mass is 35.5. The van der Waals surface area contributed by atoms with Crippen LogP contribution in [0.3, 0.4) is 0 Å². The highest BCUT2D eigenvalue weighted by Crippen LogP contribution is 2.16. The lowest BCUT2D eigenvalue weighted by Gasteiger charge is -2.08. The Balaban J connectivity index is 1.66. The smallest absolute Gasteiger partial charge is 0.0662 e. The molecule has 0 unspecified atom stereocenters. The van der Waals surface area contributed by atoms with Crippen LogP contribution in [0.1, 0.15) is 33.6 Å². The fourth-order valence-corrected chi connectivity index (χ4v) is 3.20. The fraction of sp³-hybridized carbons (Fsp3) is 0.286. The van der Waals surface area contributed by atoms with Gasteiger partial charge in [-0.05, 0) is 44.0 Å². The lowest BCUT2D eigenvalue weighted by atomic mass is 10.1. The predicted octanol–water partition coefficient (Wildman–Crippen LogP) is 4.80. The monoisotopic (exact) mass is 353 g/mol. The normalized spacial score (nSPS) is 11.0. The van der Waals surface area contributed by atoms with Gasteiger partial charge in [0.1, 0.15) is 0 Å². The molecule has 3 nitrogen and oxygen atoms in total. The van der Waals surface area contributed by atoms with E-state index in [0.717, 1.165) is 30.4 Å². The predicted molar refractivity (Wildman–Crippen MR) is 104 cm³/mol. The van der Waals surface area contributed by atoms with E-state index >= 15 is 0 Å². The molecule has 2 aromatic carbocycles. The SMILES string of the molecule is Cc1ccc(Cn2nc(C)c(CNCc3cccc(Cl)c3)c2C)cc1. The van der Waals surface area contributed by atoms with Gasteiger partial charge in [0.25, 0.3) is 0 Å². The molecule has 3 rings (SSSR count). The molecule has 0 spiro atoms. The third-order valence-electron chi connectivity index (χ3n) is 4.50. The van der Waals surface area contributed by atoms with Crippen LogP contribution in [0.2, 0.25) is 5.02 Å². The number of aryl methyl sites for hydroxylation is 2. The van der Waals surface area contributed by atoms with Crippen LogP contribution in [-0.2, 0) is 19.6 Å². The molecule has 0 aliphatic heterocycles. The second-order valence-corrected chi connectivity index (χ2v) is 6.96. The summed E-state index contributed by atoms with van der Waals surface area (Å²) in [6, 6.07) is 16.6. The summed E-state index contributed by atoms with van der Waals surface area (Å²) in [5.41, 5.74) is 7.32. The van der Waals surface area contributed by atoms with Crippen molar-refractivity contribution in [2.45, 2.75) is 40.4 Å². The number of nitrogens with zero attached hydrogens (tertiary/aromatic N) is 2. The quantitative estimate of drug-likeness (QED) is 0.689. The van der Waals surface area contributed by atoms with Gasteiger partial charge in [0.2, 0.25) is 0 Å². The number of benzene rings is 2. The van der Waals surface area contributed by atoms with Crippen molar-refractivity contribution in [1.82, 2.24) is 15.1 Å². The third-order valence-corrected chi connectivity index (χ3v) is 4.74. The molecule has 0 radical (unpaired) electrons. The first-order valence-electron chi connectivity index (χ1n) is 8.56. The van der Waals surface area contributed by atoms with Crippen molar-refractivity contribution >= 4 is 11.6 Å². The van der Waals surface area contributed by atoms with Crippen molar-refractivity contribution in [2.24, 2.45) is 0 Å². The molecule has 25 heavy (non-hydrogen) atoms. The molecule has 1 N–H and O–H groups in total. The summed E-state index contributed by atoms with van der Waals surface area (Å²) in [5, 5.41) is 9.00. The van der Waals surface area contributed by atoms with Gasteiger partial charge in [-0.3, -0.25) is 4.68 Å². The zero-order valence-corrected chi connectivity index (χ0v) is 15.8. The van der Waals surface area contributed by atoms with Crippen LogP contribution in [0.5, 0.6) is 0 Å². The lowest BCUT2D eigenvalue weighted by molar-refractivity contribution is 0.653. The Morgan fingerprint density at radius 3 is 2.44 bits per heavy atom. The van der Waals surface area contributed by atoms with Gasteiger partial charge in [0.05, 0.1) is 12.2 Å². The van der Waals surface area contributed by atoms with Gasteiger partial charge in [-0.2, -0.15) is 5.10 Å². The van der Waals surface area contributed by atoms with E-state index in [2.05, 4.69) is 61.1 Å². The zero-order chi connectivity index (χ0) is 17.8. The average Bonchev–Trinajstić information content (AvgIpc) is 2.84. The summed E-state index contributed by atoms with van der Waals surface area (Å²) in [5.74, 6) is 0. The van der Waals surface area contributed by atoms with E-state index in [-0.39, 0.29) is 0 Å². The molecule has 3 aromatic rings. The second kappa shape index (κ2) is 7.85. The van der Waals surface area contributed by atoms with E-state index in [4.69, 9.17) is 16.7 Å². The summed E-state index contributed by atoms with van der Waals surface area (Å²) in [6.07, 6.45) is 0. The third kappa shape index (κ3) is 4.50. The van der Waals surface area contributed by atoms with Crippen LogP contribution in [0.4, 0.5) is 0 Å². The number of rotatable bonds is 6. The molecule has 1 heterocycles. The molecule has 0 saturated heterocycles. The van der Waals surface area contributed by atoms with E-state index in [0.29, 0.717) is 0 Å². The summed E-state index contributed by atoms with van der Waals surface area (Å²) < 4.78 is 2.09. The Bertz CT molecular complexity index is 850. The Morgan fingerprint density at radius 2 is 1.72 bits per heavy atom. The van der Waals surface area contributed by atoms with Gasteiger partial charge < -0.3 is 5.32 Å². The molecule has 0 aliphatic carbocycles. The number of hydrogen-bond donors (Lipinski definition) is 1. The van der Waals surface area contributed by atoms with Gasteiger partial charge >= 0.3 is 0 Å². The van der Waals surface area contributed by atoms with Crippen molar-refractivity contribution in [1.29, 1.82) is 0 Å². The van der Waals surface area contributed by atoms with Gasteiger partial charge in [-0.25, -0.2) is 0 Å². The van der Waals surface area contributed by atoms with Crippen LogP contribution in [0.25, 0.3) is 0 Å². The van der Waals surface area contributed by atoms with Gasteiger partial charge in [0.15, 0.2) is 0 Å². The first-order valence-corrected chi connectivity index (χ1v) is 8.94. The molecule has 4 heteroatoms. The minimum absolute atomic E-state index is 0.776. The first kappa shape index (κ1) is 17.7. The van der Waals surface area contributed by atoms with E-state index < -0.39 is 0 Å². The molecule has 0 aliphatic rings. The van der Waals surface area contributed by atoms with Crippen molar-refractivity contribution in [3.05, 3.63) is 87.2 Å². The van der Waals surface area contributed by atoms with E-state index in [1.54, 1.807) is 0 Å². The van der Waals surface area contributed by atoms with Crippen molar-refractivity contribution < 1.29 is 0 Å². The summed E-state index contributed by atoms with van der Waals surface area (Å²) in [6.45, 7) is 8.73. The highest BCUT2D eigenvalue weighted by Gasteiger charge is 2.11. The maximum Gasteiger partial charge on any atom is 0.0662 e. The Hall–Kier alpha value is -2.10. The number of hydrogen-bond acceptors (Lipinski definition) is 2. The topological polar surface area (TPSA) is 29.9 Å². The molecular formula is C21H24ClN3. The van der Waals surface area contributed by atoms with Crippen LogP contribution in [0, 0.1) is 20.8 Å². The first-order chi connectivity index (χ1) is 12.0. The molecule has 0 bridgehead atoms. The Morgan fingerprint density at radius 1 is 0.960 bits per heavy atom. The van der Waals surface area contributed by atoms with E-state index in [1.807, 2.05) is 18.2 Å². The maximum atomic E-state index is 6.04. The number of aromatic nitrogens is 2. The van der Waals surface area contributed by atoms with E-state index in [9.17, 15) is 0 Å². The lowest BCUT2D eigenvalue weighted by Crippen LogP contribution is -2.14. The Kier molecular flexibility index (Phi) is 5.57. The molecule has 0 saturated carbocycles. The molecular weight excluding hydrogens is 330 g/mol. The largest absolute Gasteiger partial charge is 0.308 e. The van der Waals surface area contributed by atoms with Gasteiger partial charge in [-0.1, -0.05) is 53.6 Å². The van der Waals surface area contributed by atoms with Crippen molar-refractivity contribution in [3.63, 3.8) is 0 Å². The molecule has 0 atom stereocenters. The molecule has 1 aromatic heterocycles. The minimum atomic E-state index is 0.776. The molecule has 0 fully saturated rings. The summed E-state index contributed by atoms with van der Waals surface area (Å²) in [4.78, 5) is 0. The van der Waals surface area contributed by atoms with Gasteiger partial charge in [0, 0.05) is 29.4 Å². The highest BCUT2D eigenvalue weighted by molar-refractivity contribution is 6.30. The molecule has 130 valence electrons. The second-order valence-electron chi connectivity index (χ2n) is 6.53. The fourth-order valence-electron chi connectivity index (χ4n) is 2.99. The maximum absolute atomic E-state index is 6.04. The van der Waals surface area contributed by atoms with Gasteiger partial charge in [-0.15, -0.1) is 0 Å². The Labute approximate surface area is 154 Å². The van der Waals surface area contributed by atoms with Crippen molar-refractivity contribution in [3.8, 4) is 0 Å². The minimum Gasteiger partial charge on any atom is -0.308 e. The van der Waals surface area contributed by atoms with Crippen LogP contribution in [-0.4, -0.2) is 9.78 Å². The average molecular weight is 354 g/mol. The summed E-state index contributed by atoms with van der Waals surface area (Å²) in [7, 11) is 0. The van der Waals surface area contributed by atoms with Crippen LogP contribution in [0.15, 0.2) is 48.5 Å². The van der Waals surface area contributed by atoms with Crippen molar-refractivity contribution in [2.75, 3.05) is 0 Å². The van der Waals surface area contributed by atoms with E-state index in [1.165, 1.54) is 27.9 Å².